The molecule has 1 aliphatic heterocycles. The Morgan fingerprint density at radius 2 is 1.82 bits per heavy atom. The minimum atomic E-state index is 0.305. The lowest BCUT2D eigenvalue weighted by atomic mass is 9.77. The highest BCUT2D eigenvalue weighted by molar-refractivity contribution is 6.05. The number of hydrogen-bond acceptors (Lipinski definition) is 3. The number of benzene rings is 2. The van der Waals surface area contributed by atoms with Crippen LogP contribution in [0, 0.1) is 5.92 Å². The van der Waals surface area contributed by atoms with Gasteiger partial charge in [-0.05, 0) is 36.1 Å². The van der Waals surface area contributed by atoms with E-state index < -0.39 is 0 Å². The highest BCUT2D eigenvalue weighted by Crippen LogP contribution is 2.38. The largest absolute Gasteiger partial charge is 0.378 e. The third-order valence-electron chi connectivity index (χ3n) is 4.86. The fourth-order valence-corrected chi connectivity index (χ4v) is 3.62. The predicted molar refractivity (Wildman–Crippen MR) is 91.4 cm³/mol. The predicted octanol–water partition coefficient (Wildman–Crippen LogP) is 3.36. The fraction of sp³-hybridized carbons (Fsp3) is 0.316. The average Bonchev–Trinajstić information content (AvgIpc) is 2.99. The van der Waals surface area contributed by atoms with Gasteiger partial charge in [0.1, 0.15) is 0 Å². The molecule has 0 saturated heterocycles. The van der Waals surface area contributed by atoms with E-state index in [-0.39, 0.29) is 0 Å². The van der Waals surface area contributed by atoms with E-state index >= 15 is 0 Å². The standard InChI is InChI=1S/C19H21N3/c1-22(2)15-10-7-14(8-11-15)18-17-12-9-13-5-3-4-6-16(13)19(17)21-20-18/h3-8,10-11,17-18,20H,9,12H2,1-2H3. The fourth-order valence-electron chi connectivity index (χ4n) is 3.62. The second-order valence-electron chi connectivity index (χ2n) is 6.39. The highest BCUT2D eigenvalue weighted by atomic mass is 15.3. The molecule has 2 unspecified atom stereocenters. The summed E-state index contributed by atoms with van der Waals surface area (Å²) in [5.41, 5.74) is 9.94. The zero-order chi connectivity index (χ0) is 15.1. The first-order valence-corrected chi connectivity index (χ1v) is 7.93. The molecule has 0 amide bonds. The quantitative estimate of drug-likeness (QED) is 0.918. The van der Waals surface area contributed by atoms with Gasteiger partial charge in [-0.15, -0.1) is 0 Å². The molecule has 3 heteroatoms. The number of aryl methyl sites for hydroxylation is 1. The van der Waals surface area contributed by atoms with Gasteiger partial charge in [-0.25, -0.2) is 0 Å². The minimum Gasteiger partial charge on any atom is -0.378 e. The zero-order valence-corrected chi connectivity index (χ0v) is 13.1. The number of hydrogen-bond donors (Lipinski definition) is 1. The Kier molecular flexibility index (Phi) is 3.14. The summed E-state index contributed by atoms with van der Waals surface area (Å²) in [7, 11) is 4.14. The van der Waals surface area contributed by atoms with Crippen LogP contribution in [-0.2, 0) is 6.42 Å². The molecule has 0 radical (unpaired) electrons. The van der Waals surface area contributed by atoms with Crippen molar-refractivity contribution >= 4 is 11.4 Å². The van der Waals surface area contributed by atoms with Gasteiger partial charge in [0.25, 0.3) is 0 Å². The van der Waals surface area contributed by atoms with Crippen LogP contribution in [-0.4, -0.2) is 19.8 Å². The molecule has 0 saturated carbocycles. The molecule has 3 nitrogen and oxygen atoms in total. The first-order valence-electron chi connectivity index (χ1n) is 7.93. The van der Waals surface area contributed by atoms with E-state index in [0.717, 1.165) is 6.42 Å². The SMILES string of the molecule is CN(C)c1ccc(C2NN=C3c4ccccc4CCC32)cc1. The van der Waals surface area contributed by atoms with E-state index in [9.17, 15) is 0 Å². The normalized spacial score (nSPS) is 22.4. The van der Waals surface area contributed by atoms with E-state index in [1.165, 1.54) is 34.5 Å². The lowest BCUT2D eigenvalue weighted by Crippen LogP contribution is -2.26. The molecule has 0 spiro atoms. The number of nitrogens with zero attached hydrogens (tertiary/aromatic N) is 2. The first kappa shape index (κ1) is 13.4. The van der Waals surface area contributed by atoms with E-state index in [2.05, 4.69) is 78.1 Å². The molecule has 1 N–H and O–H groups in total. The molecular formula is C19H21N3. The molecule has 2 atom stereocenters. The molecule has 1 heterocycles. The Hall–Kier alpha value is -2.29. The number of nitrogens with one attached hydrogen (secondary N) is 1. The third-order valence-corrected chi connectivity index (χ3v) is 4.86. The maximum atomic E-state index is 4.67. The summed E-state index contributed by atoms with van der Waals surface area (Å²) < 4.78 is 0. The van der Waals surface area contributed by atoms with Crippen molar-refractivity contribution in [2.45, 2.75) is 18.9 Å². The second-order valence-corrected chi connectivity index (χ2v) is 6.39. The Balaban J connectivity index is 1.63. The van der Waals surface area contributed by atoms with Gasteiger partial charge in [0.15, 0.2) is 0 Å². The summed E-state index contributed by atoms with van der Waals surface area (Å²) in [5.74, 6) is 0.486. The molecule has 2 aliphatic rings. The van der Waals surface area contributed by atoms with Crippen LogP contribution in [0.1, 0.15) is 29.2 Å². The van der Waals surface area contributed by atoms with Crippen LogP contribution in [0.4, 0.5) is 5.69 Å². The second kappa shape index (κ2) is 5.16. The van der Waals surface area contributed by atoms with Crippen LogP contribution in [0.2, 0.25) is 0 Å². The Morgan fingerprint density at radius 1 is 1.05 bits per heavy atom. The van der Waals surface area contributed by atoms with Crippen molar-refractivity contribution in [1.29, 1.82) is 0 Å². The van der Waals surface area contributed by atoms with E-state index in [4.69, 9.17) is 0 Å². The summed E-state index contributed by atoms with van der Waals surface area (Å²) in [6.45, 7) is 0. The highest BCUT2D eigenvalue weighted by Gasteiger charge is 2.36. The van der Waals surface area contributed by atoms with E-state index in [0.29, 0.717) is 12.0 Å². The van der Waals surface area contributed by atoms with Crippen LogP contribution < -0.4 is 10.3 Å². The van der Waals surface area contributed by atoms with Crippen molar-refractivity contribution in [2.75, 3.05) is 19.0 Å². The Labute approximate surface area is 131 Å². The van der Waals surface area contributed by atoms with E-state index in [1.54, 1.807) is 0 Å². The summed E-state index contributed by atoms with van der Waals surface area (Å²) in [6.07, 6.45) is 2.32. The van der Waals surface area contributed by atoms with Crippen LogP contribution in [0.3, 0.4) is 0 Å². The van der Waals surface area contributed by atoms with Crippen LogP contribution in [0.25, 0.3) is 0 Å². The van der Waals surface area contributed by atoms with Crippen molar-refractivity contribution < 1.29 is 0 Å². The summed E-state index contributed by atoms with van der Waals surface area (Å²) in [6, 6.07) is 17.8. The number of fused-ring (bicyclic) bond motifs is 3. The van der Waals surface area contributed by atoms with Gasteiger partial charge in [-0.2, -0.15) is 5.10 Å². The van der Waals surface area contributed by atoms with Crippen molar-refractivity contribution in [2.24, 2.45) is 11.0 Å². The summed E-state index contributed by atoms with van der Waals surface area (Å²) >= 11 is 0. The van der Waals surface area contributed by atoms with Crippen molar-refractivity contribution in [1.82, 2.24) is 5.43 Å². The molecule has 0 aromatic heterocycles. The minimum absolute atomic E-state index is 0.305. The maximum absolute atomic E-state index is 4.67. The molecule has 112 valence electrons. The molecular weight excluding hydrogens is 270 g/mol. The topological polar surface area (TPSA) is 27.6 Å². The molecule has 0 bridgehead atoms. The van der Waals surface area contributed by atoms with Gasteiger partial charge in [-0.1, -0.05) is 36.4 Å². The molecule has 2 aromatic carbocycles. The lowest BCUT2D eigenvalue weighted by molar-refractivity contribution is 0.467. The molecule has 0 fully saturated rings. The lowest BCUT2D eigenvalue weighted by Gasteiger charge is -2.26. The van der Waals surface area contributed by atoms with Crippen molar-refractivity contribution in [3.63, 3.8) is 0 Å². The first-order chi connectivity index (χ1) is 10.7. The third kappa shape index (κ3) is 2.08. The van der Waals surface area contributed by atoms with Gasteiger partial charge < -0.3 is 10.3 Å². The maximum Gasteiger partial charge on any atom is 0.0774 e. The van der Waals surface area contributed by atoms with Crippen molar-refractivity contribution in [3.8, 4) is 0 Å². The van der Waals surface area contributed by atoms with Gasteiger partial charge in [0, 0.05) is 31.3 Å². The molecule has 2 aromatic rings. The van der Waals surface area contributed by atoms with Crippen LogP contribution in [0.15, 0.2) is 53.6 Å². The Morgan fingerprint density at radius 3 is 2.59 bits per heavy atom. The van der Waals surface area contributed by atoms with Gasteiger partial charge in [-0.3, -0.25) is 0 Å². The monoisotopic (exact) mass is 291 g/mol. The summed E-state index contributed by atoms with van der Waals surface area (Å²) in [4.78, 5) is 2.13. The zero-order valence-electron chi connectivity index (χ0n) is 13.1. The molecule has 22 heavy (non-hydrogen) atoms. The number of anilines is 1. The van der Waals surface area contributed by atoms with Gasteiger partial charge in [0.2, 0.25) is 0 Å². The number of rotatable bonds is 2. The van der Waals surface area contributed by atoms with Gasteiger partial charge in [0.05, 0.1) is 11.8 Å². The average molecular weight is 291 g/mol. The summed E-state index contributed by atoms with van der Waals surface area (Å²) in [5, 5.41) is 4.67. The van der Waals surface area contributed by atoms with E-state index in [1.807, 2.05) is 0 Å². The molecule has 1 aliphatic carbocycles. The Bertz CT molecular complexity index is 716. The smallest absolute Gasteiger partial charge is 0.0774 e. The molecule has 4 rings (SSSR count). The van der Waals surface area contributed by atoms with Crippen LogP contribution in [0.5, 0.6) is 0 Å². The number of hydrazone groups is 1. The van der Waals surface area contributed by atoms with Crippen molar-refractivity contribution in [3.05, 3.63) is 65.2 Å². The van der Waals surface area contributed by atoms with Crippen LogP contribution >= 0.6 is 0 Å². The van der Waals surface area contributed by atoms with Gasteiger partial charge >= 0.3 is 0 Å².